The van der Waals surface area contributed by atoms with Gasteiger partial charge in [-0.3, -0.25) is 0 Å². The fraction of sp³-hybridized carbons (Fsp3) is 0.208. The number of imidazole rings is 1. The van der Waals surface area contributed by atoms with Gasteiger partial charge in [0.15, 0.2) is 11.0 Å². The molecule has 0 aliphatic carbocycles. The average molecular weight is 341 g/mol. The van der Waals surface area contributed by atoms with Gasteiger partial charge in [-0.15, -0.1) is 0 Å². The lowest BCUT2D eigenvalue weighted by Gasteiger charge is -2.12. The van der Waals surface area contributed by atoms with E-state index in [4.69, 9.17) is 0 Å². The van der Waals surface area contributed by atoms with E-state index >= 15 is 0 Å². The van der Waals surface area contributed by atoms with Gasteiger partial charge in [-0.1, -0.05) is 62.4 Å². The normalized spacial score (nSPS) is 11.4. The highest BCUT2D eigenvalue weighted by atomic mass is 15.2. The van der Waals surface area contributed by atoms with Gasteiger partial charge in [-0.05, 0) is 42.7 Å². The van der Waals surface area contributed by atoms with Crippen molar-refractivity contribution >= 4 is 11.0 Å². The molecule has 0 N–H and O–H groups in total. The van der Waals surface area contributed by atoms with Gasteiger partial charge in [0, 0.05) is 5.56 Å². The van der Waals surface area contributed by atoms with Crippen LogP contribution in [-0.2, 0) is 7.05 Å². The Balaban J connectivity index is 2.16. The number of aryl methyl sites for hydroxylation is 2. The van der Waals surface area contributed by atoms with E-state index in [9.17, 15) is 0 Å². The highest BCUT2D eigenvalue weighted by molar-refractivity contribution is 5.80. The number of rotatable bonds is 3. The van der Waals surface area contributed by atoms with E-state index in [0.717, 1.165) is 0 Å². The van der Waals surface area contributed by atoms with Crippen LogP contribution >= 0.6 is 0 Å². The standard InChI is InChI=1S/C24H25N2/c1-17(2)19-12-7-8-14-21(19)26-23-16-10-9-15-22(23)25(4)24(26)20-13-6-5-11-18(20)3/h5-17H,1-4H3/q+1. The summed E-state index contributed by atoms with van der Waals surface area (Å²) in [5.74, 6) is 1.68. The van der Waals surface area contributed by atoms with E-state index in [1.54, 1.807) is 0 Å². The number of nitrogens with zero attached hydrogens (tertiary/aromatic N) is 2. The zero-order valence-corrected chi connectivity index (χ0v) is 15.9. The maximum Gasteiger partial charge on any atom is 0.295 e. The molecule has 0 radical (unpaired) electrons. The van der Waals surface area contributed by atoms with Gasteiger partial charge in [0.1, 0.15) is 5.69 Å². The van der Waals surface area contributed by atoms with Crippen LogP contribution < -0.4 is 4.57 Å². The summed E-state index contributed by atoms with van der Waals surface area (Å²) in [6.07, 6.45) is 0. The van der Waals surface area contributed by atoms with E-state index in [1.165, 1.54) is 39.2 Å². The van der Waals surface area contributed by atoms with Crippen LogP contribution in [0.3, 0.4) is 0 Å². The minimum Gasteiger partial charge on any atom is -0.225 e. The molecule has 0 aliphatic heterocycles. The summed E-state index contributed by atoms with van der Waals surface area (Å²) in [5, 5.41) is 0. The molecule has 0 fully saturated rings. The minimum atomic E-state index is 0.461. The first-order valence-corrected chi connectivity index (χ1v) is 9.24. The summed E-state index contributed by atoms with van der Waals surface area (Å²) in [4.78, 5) is 0. The Morgan fingerprint density at radius 1 is 0.808 bits per heavy atom. The second-order valence-electron chi connectivity index (χ2n) is 7.24. The molecule has 26 heavy (non-hydrogen) atoms. The fourth-order valence-corrected chi connectivity index (χ4v) is 3.86. The van der Waals surface area contributed by atoms with Crippen molar-refractivity contribution in [2.45, 2.75) is 26.7 Å². The van der Waals surface area contributed by atoms with E-state index in [-0.39, 0.29) is 0 Å². The summed E-state index contributed by atoms with van der Waals surface area (Å²) >= 11 is 0. The molecule has 0 amide bonds. The van der Waals surface area contributed by atoms with Crippen LogP contribution in [0.15, 0.2) is 72.8 Å². The quantitative estimate of drug-likeness (QED) is 0.432. The predicted molar refractivity (Wildman–Crippen MR) is 109 cm³/mol. The van der Waals surface area contributed by atoms with Crippen LogP contribution in [-0.4, -0.2) is 4.57 Å². The van der Waals surface area contributed by atoms with Crippen molar-refractivity contribution in [3.8, 4) is 17.1 Å². The monoisotopic (exact) mass is 341 g/mol. The average Bonchev–Trinajstić information content (AvgIpc) is 2.95. The highest BCUT2D eigenvalue weighted by Gasteiger charge is 2.28. The number of hydrogen-bond donors (Lipinski definition) is 0. The third-order valence-electron chi connectivity index (χ3n) is 5.20. The Hall–Kier alpha value is -2.87. The van der Waals surface area contributed by atoms with Crippen molar-refractivity contribution in [2.24, 2.45) is 7.05 Å². The molecule has 0 bridgehead atoms. The lowest BCUT2D eigenvalue weighted by Crippen LogP contribution is -2.30. The molecule has 1 heterocycles. The first-order valence-electron chi connectivity index (χ1n) is 9.24. The molecule has 2 nitrogen and oxygen atoms in total. The molecule has 4 aromatic rings. The van der Waals surface area contributed by atoms with Gasteiger partial charge in [0.25, 0.3) is 5.82 Å². The molecule has 2 heteroatoms. The Kier molecular flexibility index (Phi) is 4.12. The second-order valence-corrected chi connectivity index (χ2v) is 7.24. The molecule has 0 saturated carbocycles. The maximum atomic E-state index is 2.42. The number of para-hydroxylation sites is 3. The summed E-state index contributed by atoms with van der Waals surface area (Å²) < 4.78 is 4.74. The van der Waals surface area contributed by atoms with E-state index < -0.39 is 0 Å². The van der Waals surface area contributed by atoms with Crippen molar-refractivity contribution in [2.75, 3.05) is 0 Å². The molecule has 1 aromatic heterocycles. The molecule has 4 rings (SSSR count). The topological polar surface area (TPSA) is 8.81 Å². The smallest absolute Gasteiger partial charge is 0.225 e. The zero-order valence-electron chi connectivity index (χ0n) is 15.9. The van der Waals surface area contributed by atoms with E-state index in [2.05, 4.69) is 110 Å². The van der Waals surface area contributed by atoms with Crippen LogP contribution in [0.25, 0.3) is 28.1 Å². The van der Waals surface area contributed by atoms with Gasteiger partial charge in [-0.2, -0.15) is 4.57 Å². The molecular weight excluding hydrogens is 316 g/mol. The Labute approximate surface area is 155 Å². The van der Waals surface area contributed by atoms with Gasteiger partial charge in [0.2, 0.25) is 0 Å². The van der Waals surface area contributed by atoms with E-state index in [1.807, 2.05) is 0 Å². The third-order valence-corrected chi connectivity index (χ3v) is 5.20. The summed E-state index contributed by atoms with van der Waals surface area (Å²) in [6, 6.07) is 26.0. The first kappa shape index (κ1) is 16.6. The van der Waals surface area contributed by atoms with Gasteiger partial charge in [0.05, 0.1) is 12.6 Å². The molecule has 0 aliphatic rings. The first-order chi connectivity index (χ1) is 12.6. The summed E-state index contributed by atoms with van der Waals surface area (Å²) in [6.45, 7) is 6.71. The predicted octanol–water partition coefficient (Wildman–Crippen LogP) is 5.55. The lowest BCUT2D eigenvalue weighted by molar-refractivity contribution is -0.633. The van der Waals surface area contributed by atoms with Crippen LogP contribution in [0.5, 0.6) is 0 Å². The largest absolute Gasteiger partial charge is 0.295 e. The van der Waals surface area contributed by atoms with Crippen LogP contribution in [0.1, 0.15) is 30.9 Å². The molecule has 0 unspecified atom stereocenters. The molecule has 130 valence electrons. The fourth-order valence-electron chi connectivity index (χ4n) is 3.86. The number of hydrogen-bond acceptors (Lipinski definition) is 0. The molecule has 0 atom stereocenters. The van der Waals surface area contributed by atoms with Crippen molar-refractivity contribution in [3.63, 3.8) is 0 Å². The number of aromatic nitrogens is 2. The maximum absolute atomic E-state index is 2.42. The third kappa shape index (κ3) is 2.53. The minimum absolute atomic E-state index is 0.461. The van der Waals surface area contributed by atoms with Crippen molar-refractivity contribution in [1.29, 1.82) is 0 Å². The van der Waals surface area contributed by atoms with Gasteiger partial charge in [-0.25, -0.2) is 4.57 Å². The summed E-state index contributed by atoms with van der Waals surface area (Å²) in [7, 11) is 2.17. The Bertz CT molecular complexity index is 1090. The lowest BCUT2D eigenvalue weighted by atomic mass is 10.0. The van der Waals surface area contributed by atoms with Crippen molar-refractivity contribution < 1.29 is 4.57 Å². The molecule has 3 aromatic carbocycles. The van der Waals surface area contributed by atoms with Crippen LogP contribution in [0, 0.1) is 6.92 Å². The number of benzene rings is 3. The SMILES string of the molecule is Cc1ccccc1-c1n(-c2ccccc2C(C)C)c2ccccc2[n+]1C. The van der Waals surface area contributed by atoms with Gasteiger partial charge >= 0.3 is 0 Å². The van der Waals surface area contributed by atoms with Crippen LogP contribution in [0.2, 0.25) is 0 Å². The van der Waals surface area contributed by atoms with Crippen LogP contribution in [0.4, 0.5) is 0 Å². The molecule has 0 saturated heterocycles. The van der Waals surface area contributed by atoms with E-state index in [0.29, 0.717) is 5.92 Å². The van der Waals surface area contributed by atoms with Crippen molar-refractivity contribution in [3.05, 3.63) is 83.9 Å². The Morgan fingerprint density at radius 2 is 1.46 bits per heavy atom. The second kappa shape index (κ2) is 6.45. The summed E-state index contributed by atoms with van der Waals surface area (Å²) in [5.41, 5.74) is 7.66. The zero-order chi connectivity index (χ0) is 18.3. The highest BCUT2D eigenvalue weighted by Crippen LogP contribution is 2.32. The molecular formula is C24H25N2+. The Morgan fingerprint density at radius 3 is 2.23 bits per heavy atom. The van der Waals surface area contributed by atoms with Crippen molar-refractivity contribution in [1.82, 2.24) is 4.57 Å². The molecule has 0 spiro atoms. The number of fused-ring (bicyclic) bond motifs is 1. The van der Waals surface area contributed by atoms with Gasteiger partial charge < -0.3 is 0 Å².